The van der Waals surface area contributed by atoms with E-state index in [2.05, 4.69) is 21.7 Å². The Morgan fingerprint density at radius 3 is 2.52 bits per heavy atom. The van der Waals surface area contributed by atoms with Crippen LogP contribution in [0.2, 0.25) is 0 Å². The Morgan fingerprint density at radius 2 is 1.82 bits per heavy atom. The van der Waals surface area contributed by atoms with Gasteiger partial charge in [0, 0.05) is 0 Å². The fourth-order valence-corrected chi connectivity index (χ4v) is 6.56. The summed E-state index contributed by atoms with van der Waals surface area (Å²) in [6, 6.07) is 0. The maximum atomic E-state index is 12.1. The predicted octanol–water partition coefficient (Wildman–Crippen LogP) is 2.83. The van der Waals surface area contributed by atoms with E-state index in [-0.39, 0.29) is 17.7 Å². The first kappa shape index (κ1) is 33.0. The summed E-state index contributed by atoms with van der Waals surface area (Å²) >= 11 is 13.8. The second-order valence-electron chi connectivity index (χ2n) is 10.3. The summed E-state index contributed by atoms with van der Waals surface area (Å²) in [5, 5.41) is 19.8. The molecule has 2 heterocycles. The zero-order valence-electron chi connectivity index (χ0n) is 23.2. The molecule has 0 bridgehead atoms. The van der Waals surface area contributed by atoms with Crippen LogP contribution in [-0.2, 0) is 9.59 Å². The number of aliphatic hydroxyl groups excluding tert-OH is 1. The molecule has 0 aromatic carbocycles. The average Bonchev–Trinajstić information content (AvgIpc) is 3.34. The molecular formula is C29H41Cl2InN5O3. The molecule has 217 valence electrons. The molecule has 1 unspecified atom stereocenters. The van der Waals surface area contributed by atoms with Crippen molar-refractivity contribution in [3.63, 3.8) is 0 Å². The molecule has 2 aliphatic heterocycles. The first-order valence-electron chi connectivity index (χ1n) is 14.3. The maximum absolute atomic E-state index is 12.1. The van der Waals surface area contributed by atoms with Crippen molar-refractivity contribution in [3.05, 3.63) is 50.6 Å². The van der Waals surface area contributed by atoms with Crippen molar-refractivity contribution < 1.29 is 14.7 Å². The van der Waals surface area contributed by atoms with Crippen molar-refractivity contribution in [1.82, 2.24) is 20.9 Å². The van der Waals surface area contributed by atoms with E-state index in [1.54, 1.807) is 4.90 Å². The minimum absolute atomic E-state index is 0.103. The van der Waals surface area contributed by atoms with Gasteiger partial charge in [-0.2, -0.15) is 0 Å². The molecule has 40 heavy (non-hydrogen) atoms. The first-order valence-corrected chi connectivity index (χ1v) is 16.7. The Bertz CT molecular complexity index is 1110. The zero-order chi connectivity index (χ0) is 28.9. The van der Waals surface area contributed by atoms with Gasteiger partial charge in [0.2, 0.25) is 0 Å². The van der Waals surface area contributed by atoms with E-state index >= 15 is 0 Å². The number of nitrogens with two attached hydrogens (primary N) is 1. The van der Waals surface area contributed by atoms with Gasteiger partial charge < -0.3 is 5.73 Å². The van der Waals surface area contributed by atoms with Crippen LogP contribution in [0, 0.1) is 5.92 Å². The molecule has 1 radical (unpaired) electrons. The Kier molecular flexibility index (Phi) is 14.4. The number of carbonyl (C=O) groups excluding carboxylic acids is 2. The van der Waals surface area contributed by atoms with E-state index in [1.165, 1.54) is 32.1 Å². The van der Waals surface area contributed by atoms with E-state index in [0.717, 1.165) is 75.5 Å². The van der Waals surface area contributed by atoms with Crippen LogP contribution in [0.5, 0.6) is 0 Å². The number of unbranched alkanes of at least 4 members (excludes halogenated alkanes) is 7. The monoisotopic (exact) mass is 692 g/mol. The molecule has 0 aromatic heterocycles. The number of fused-ring (bicyclic) bond motifs is 2. The van der Waals surface area contributed by atoms with E-state index in [4.69, 9.17) is 28.9 Å². The molecule has 1 atom stereocenters. The molecule has 11 heteroatoms. The number of aliphatic hydroxyl groups is 1. The Labute approximate surface area is 262 Å². The summed E-state index contributed by atoms with van der Waals surface area (Å²) in [5.74, 6) is -0.310. The molecule has 3 rings (SSSR count). The van der Waals surface area contributed by atoms with Gasteiger partial charge in [-0.25, -0.2) is 0 Å². The number of nitrogens with one attached hydrogen (secondary N) is 3. The van der Waals surface area contributed by atoms with E-state index in [0.29, 0.717) is 49.1 Å². The third-order valence-electron chi connectivity index (χ3n) is 7.39. The quantitative estimate of drug-likeness (QED) is 0.118. The zero-order valence-corrected chi connectivity index (χ0v) is 28.0. The van der Waals surface area contributed by atoms with Crippen LogP contribution in [0.25, 0.3) is 0 Å². The van der Waals surface area contributed by atoms with Gasteiger partial charge in [-0.15, -0.1) is 0 Å². The van der Waals surface area contributed by atoms with Crippen molar-refractivity contribution in [2.24, 2.45) is 11.7 Å². The third-order valence-corrected chi connectivity index (χ3v) is 9.60. The van der Waals surface area contributed by atoms with Gasteiger partial charge in [-0.3, -0.25) is 0 Å². The minimum atomic E-state index is -0.499. The van der Waals surface area contributed by atoms with Gasteiger partial charge in [-0.05, 0) is 13.0 Å². The van der Waals surface area contributed by atoms with E-state index in [9.17, 15) is 14.7 Å². The van der Waals surface area contributed by atoms with Gasteiger partial charge >= 0.3 is 219 Å². The topological polar surface area (TPSA) is 120 Å². The molecule has 0 saturated heterocycles. The predicted molar refractivity (Wildman–Crippen MR) is 163 cm³/mol. The first-order chi connectivity index (χ1) is 19.4. The standard InChI is InChI=1S/C29H41Cl2N5O3.In/c30-23-18-21(27-22-19-36(26(39)20-37)17-12-24(22)35-29(27)28(23)31)10-9-14-33-15-16-34-25(38)11-7-5-3-1-2-4-6-8-13-32;/h9,14,27,33,35,37H,1-8,11-13,15-17,19-20,32H2,(H,34,38);/b14-9-;. The molecular weight excluding hydrogens is 652 g/mol. The number of hydrogen-bond donors (Lipinski definition) is 5. The summed E-state index contributed by atoms with van der Waals surface area (Å²) in [6.45, 7) is 2.47. The molecule has 3 aliphatic rings. The molecule has 1 aliphatic carbocycles. The van der Waals surface area contributed by atoms with Crippen LogP contribution >= 0.6 is 23.2 Å². The fraction of sp³-hybridized carbons (Fsp3) is 0.586. The second kappa shape index (κ2) is 17.5. The summed E-state index contributed by atoms with van der Waals surface area (Å²) in [7, 11) is 0. The number of amides is 2. The molecule has 6 N–H and O–H groups in total. The van der Waals surface area contributed by atoms with Crippen LogP contribution in [0.15, 0.2) is 50.6 Å². The number of halogens is 2. The average molecular weight is 693 g/mol. The van der Waals surface area contributed by atoms with Crippen molar-refractivity contribution in [1.29, 1.82) is 0 Å². The number of allylic oxidation sites excluding steroid dienone is 3. The fourth-order valence-electron chi connectivity index (χ4n) is 5.19. The van der Waals surface area contributed by atoms with Crippen LogP contribution in [0.3, 0.4) is 0 Å². The normalized spacial score (nSPS) is 18.3. The molecule has 2 amide bonds. The number of nitrogens with zero attached hydrogens (tertiary/aromatic N) is 1. The van der Waals surface area contributed by atoms with Gasteiger partial charge in [0.25, 0.3) is 0 Å². The number of hydrogen-bond acceptors (Lipinski definition) is 6. The molecule has 0 spiro atoms. The summed E-state index contributed by atoms with van der Waals surface area (Å²) in [5.41, 5.74) is 12.7. The molecule has 8 nitrogen and oxygen atoms in total. The van der Waals surface area contributed by atoms with Crippen LogP contribution in [0.4, 0.5) is 0 Å². The van der Waals surface area contributed by atoms with Crippen LogP contribution < -0.4 is 21.7 Å². The van der Waals surface area contributed by atoms with Crippen molar-refractivity contribution in [2.75, 3.05) is 39.3 Å². The van der Waals surface area contributed by atoms with Crippen LogP contribution in [-0.4, -0.2) is 88.3 Å². The van der Waals surface area contributed by atoms with Gasteiger partial charge in [0.05, 0.1) is 0 Å². The van der Waals surface area contributed by atoms with Gasteiger partial charge in [0.1, 0.15) is 0 Å². The van der Waals surface area contributed by atoms with Gasteiger partial charge in [-0.1, -0.05) is 25.7 Å². The third kappa shape index (κ3) is 9.53. The summed E-state index contributed by atoms with van der Waals surface area (Å²) < 4.78 is 1.09. The summed E-state index contributed by atoms with van der Waals surface area (Å²) in [6.07, 6.45) is 14.5. The van der Waals surface area contributed by atoms with Crippen molar-refractivity contribution in [3.8, 4) is 0 Å². The van der Waals surface area contributed by atoms with Crippen molar-refractivity contribution in [2.45, 2.75) is 64.2 Å². The number of carbonyl (C=O) groups is 2. The SMILES string of the molecule is NCCCCCCCCCCC(=O)NCCN/C=C\[C](=[In])C1=C=C(Cl)C(Cl)=C2NC3=C(CN(C(=O)CO)CC3)C12. The molecule has 0 aromatic rings. The van der Waals surface area contributed by atoms with Crippen molar-refractivity contribution >= 4 is 62.2 Å². The Morgan fingerprint density at radius 1 is 1.12 bits per heavy atom. The Balaban J connectivity index is 1.40. The Hall–Kier alpha value is -1.48. The molecule has 0 saturated carbocycles. The number of rotatable bonds is 17. The van der Waals surface area contributed by atoms with Crippen LogP contribution in [0.1, 0.15) is 64.2 Å². The van der Waals surface area contributed by atoms with E-state index in [1.807, 2.05) is 12.3 Å². The van der Waals surface area contributed by atoms with Gasteiger partial charge in [0.15, 0.2) is 0 Å². The second-order valence-corrected chi connectivity index (χ2v) is 12.9. The summed E-state index contributed by atoms with van der Waals surface area (Å²) in [4.78, 5) is 25.9. The molecule has 0 fully saturated rings. The van der Waals surface area contributed by atoms with E-state index < -0.39 is 6.61 Å².